The highest BCUT2D eigenvalue weighted by molar-refractivity contribution is 9.10. The molecule has 0 radical (unpaired) electrons. The zero-order valence-corrected chi connectivity index (χ0v) is 10.1. The molecule has 6 heteroatoms. The van der Waals surface area contributed by atoms with Gasteiger partial charge in [-0.3, -0.25) is 10.1 Å². The summed E-state index contributed by atoms with van der Waals surface area (Å²) in [6.45, 7) is 3.98. The molecule has 15 heavy (non-hydrogen) atoms. The van der Waals surface area contributed by atoms with Crippen molar-refractivity contribution < 1.29 is 4.92 Å². The van der Waals surface area contributed by atoms with Crippen molar-refractivity contribution in [1.82, 2.24) is 4.98 Å². The molecule has 0 aliphatic heterocycles. The van der Waals surface area contributed by atoms with Crippen LogP contribution in [0.4, 0.5) is 11.4 Å². The van der Waals surface area contributed by atoms with Crippen LogP contribution < -0.4 is 5.32 Å². The molecule has 5 nitrogen and oxygen atoms in total. The highest BCUT2D eigenvalue weighted by Gasteiger charge is 2.15. The summed E-state index contributed by atoms with van der Waals surface area (Å²) < 4.78 is 0.582. The first-order valence-corrected chi connectivity index (χ1v) is 5.40. The predicted molar refractivity (Wildman–Crippen MR) is 62.0 cm³/mol. The molecule has 0 saturated heterocycles. The van der Waals surface area contributed by atoms with E-state index in [-0.39, 0.29) is 11.7 Å². The van der Waals surface area contributed by atoms with E-state index in [1.54, 1.807) is 6.07 Å². The van der Waals surface area contributed by atoms with Crippen molar-refractivity contribution in [3.63, 3.8) is 0 Å². The number of pyridine rings is 1. The van der Waals surface area contributed by atoms with E-state index in [0.29, 0.717) is 10.3 Å². The minimum Gasteiger partial charge on any atom is -0.377 e. The van der Waals surface area contributed by atoms with E-state index in [9.17, 15) is 10.1 Å². The van der Waals surface area contributed by atoms with E-state index in [1.807, 2.05) is 13.8 Å². The van der Waals surface area contributed by atoms with Crippen LogP contribution in [0, 0.1) is 10.1 Å². The molecule has 1 heterocycles. The van der Waals surface area contributed by atoms with Gasteiger partial charge in [-0.25, -0.2) is 4.98 Å². The molecule has 1 N–H and O–H groups in total. The van der Waals surface area contributed by atoms with Gasteiger partial charge in [0.15, 0.2) is 0 Å². The van der Waals surface area contributed by atoms with Crippen molar-refractivity contribution >= 4 is 27.3 Å². The highest BCUT2D eigenvalue weighted by Crippen LogP contribution is 2.26. The molecule has 0 bridgehead atoms. The lowest BCUT2D eigenvalue weighted by molar-refractivity contribution is -0.384. The average Bonchev–Trinajstić information content (AvgIpc) is 2.17. The lowest BCUT2D eigenvalue weighted by Crippen LogP contribution is -2.14. The Morgan fingerprint density at radius 3 is 2.93 bits per heavy atom. The second-order valence-corrected chi connectivity index (χ2v) is 4.05. The van der Waals surface area contributed by atoms with Crippen LogP contribution in [0.15, 0.2) is 16.9 Å². The molecule has 0 aliphatic carbocycles. The molecule has 0 spiro atoms. The molecule has 0 aliphatic rings. The fraction of sp³-hybridized carbons (Fsp3) is 0.444. The average molecular weight is 274 g/mol. The maximum atomic E-state index is 10.7. The van der Waals surface area contributed by atoms with E-state index in [4.69, 9.17) is 0 Å². The molecule has 0 amide bonds. The molecule has 0 saturated carbocycles. The molecule has 1 atom stereocenters. The van der Waals surface area contributed by atoms with Crippen molar-refractivity contribution in [2.75, 3.05) is 5.32 Å². The van der Waals surface area contributed by atoms with Gasteiger partial charge in [-0.15, -0.1) is 0 Å². The largest absolute Gasteiger partial charge is 0.377 e. The van der Waals surface area contributed by atoms with E-state index < -0.39 is 4.92 Å². The van der Waals surface area contributed by atoms with Crippen molar-refractivity contribution in [2.24, 2.45) is 0 Å². The van der Waals surface area contributed by atoms with Crippen LogP contribution in [0.25, 0.3) is 0 Å². The maximum absolute atomic E-state index is 10.7. The van der Waals surface area contributed by atoms with Crippen LogP contribution in [-0.4, -0.2) is 15.9 Å². The van der Waals surface area contributed by atoms with Gasteiger partial charge in [-0.1, -0.05) is 6.92 Å². The van der Waals surface area contributed by atoms with E-state index in [0.717, 1.165) is 6.42 Å². The fourth-order valence-corrected chi connectivity index (χ4v) is 1.38. The molecule has 1 aromatic heterocycles. The standard InChI is InChI=1S/C9H12BrN3O2/c1-3-6(2)12-7-4-9(10)11-5-8(7)13(14)15/h4-6H,3H2,1-2H3,(H,11,12). The maximum Gasteiger partial charge on any atom is 0.310 e. The molecule has 1 aromatic rings. The van der Waals surface area contributed by atoms with Gasteiger partial charge >= 0.3 is 5.69 Å². The molecule has 1 unspecified atom stereocenters. The highest BCUT2D eigenvalue weighted by atomic mass is 79.9. The Balaban J connectivity index is 3.02. The monoisotopic (exact) mass is 273 g/mol. The van der Waals surface area contributed by atoms with Crippen molar-refractivity contribution in [1.29, 1.82) is 0 Å². The van der Waals surface area contributed by atoms with Gasteiger partial charge < -0.3 is 5.32 Å². The first kappa shape index (κ1) is 11.9. The van der Waals surface area contributed by atoms with Crippen molar-refractivity contribution in [2.45, 2.75) is 26.3 Å². The summed E-state index contributed by atoms with van der Waals surface area (Å²) in [7, 11) is 0. The number of halogens is 1. The lowest BCUT2D eigenvalue weighted by Gasteiger charge is -2.12. The number of rotatable bonds is 4. The second-order valence-electron chi connectivity index (χ2n) is 3.23. The smallest absolute Gasteiger partial charge is 0.310 e. The minimum atomic E-state index is -0.440. The van der Waals surface area contributed by atoms with Crippen molar-refractivity contribution in [3.05, 3.63) is 27.0 Å². The topological polar surface area (TPSA) is 68.1 Å². The van der Waals surface area contributed by atoms with Gasteiger partial charge in [0.1, 0.15) is 16.5 Å². The van der Waals surface area contributed by atoms with Gasteiger partial charge in [0.2, 0.25) is 0 Å². The second kappa shape index (κ2) is 5.06. The van der Waals surface area contributed by atoms with Gasteiger partial charge in [0.05, 0.1) is 4.92 Å². The number of nitro groups is 1. The molecule has 1 rings (SSSR count). The first-order valence-electron chi connectivity index (χ1n) is 4.61. The Morgan fingerprint density at radius 1 is 1.73 bits per heavy atom. The molecular formula is C9H12BrN3O2. The summed E-state index contributed by atoms with van der Waals surface area (Å²) >= 11 is 3.18. The first-order chi connectivity index (χ1) is 7.04. The number of nitrogens with one attached hydrogen (secondary N) is 1. The number of hydrogen-bond donors (Lipinski definition) is 1. The van der Waals surface area contributed by atoms with Crippen LogP contribution >= 0.6 is 15.9 Å². The van der Waals surface area contributed by atoms with Crippen LogP contribution in [0.2, 0.25) is 0 Å². The third kappa shape index (κ3) is 3.16. The molecule has 0 fully saturated rings. The normalized spacial score (nSPS) is 12.2. The molecule has 0 aromatic carbocycles. The van der Waals surface area contributed by atoms with Gasteiger partial charge in [0.25, 0.3) is 0 Å². The summed E-state index contributed by atoms with van der Waals surface area (Å²) in [5, 5.41) is 13.8. The predicted octanol–water partition coefficient (Wildman–Crippen LogP) is 2.96. The quantitative estimate of drug-likeness (QED) is 0.520. The van der Waals surface area contributed by atoms with Gasteiger partial charge in [-0.2, -0.15) is 0 Å². The summed E-state index contributed by atoms with van der Waals surface area (Å²) in [5.41, 5.74) is 0.495. The van der Waals surface area contributed by atoms with Crippen LogP contribution in [-0.2, 0) is 0 Å². The van der Waals surface area contributed by atoms with Gasteiger partial charge in [-0.05, 0) is 29.3 Å². The summed E-state index contributed by atoms with van der Waals surface area (Å²) in [5.74, 6) is 0. The Kier molecular flexibility index (Phi) is 4.02. The zero-order valence-electron chi connectivity index (χ0n) is 8.53. The number of anilines is 1. The SMILES string of the molecule is CCC(C)Nc1cc(Br)ncc1[N+](=O)[O-]. The Hall–Kier alpha value is -1.17. The van der Waals surface area contributed by atoms with Gasteiger partial charge in [0, 0.05) is 12.1 Å². The summed E-state index contributed by atoms with van der Waals surface area (Å²) in [6, 6.07) is 1.81. The zero-order chi connectivity index (χ0) is 11.4. The minimum absolute atomic E-state index is 0.00139. The van der Waals surface area contributed by atoms with Crippen LogP contribution in [0.1, 0.15) is 20.3 Å². The van der Waals surface area contributed by atoms with Crippen LogP contribution in [0.5, 0.6) is 0 Å². The summed E-state index contributed by atoms with van der Waals surface area (Å²) in [6.07, 6.45) is 2.14. The number of aromatic nitrogens is 1. The van der Waals surface area contributed by atoms with E-state index in [1.165, 1.54) is 6.20 Å². The van der Waals surface area contributed by atoms with Crippen molar-refractivity contribution in [3.8, 4) is 0 Å². The molecular weight excluding hydrogens is 262 g/mol. The summed E-state index contributed by atoms with van der Waals surface area (Å²) in [4.78, 5) is 14.1. The Bertz CT molecular complexity index is 370. The number of nitrogens with zero attached hydrogens (tertiary/aromatic N) is 2. The fourth-order valence-electron chi connectivity index (χ4n) is 1.05. The third-order valence-electron chi connectivity index (χ3n) is 2.06. The third-order valence-corrected chi connectivity index (χ3v) is 2.49. The Labute approximate surface area is 96.2 Å². The van der Waals surface area contributed by atoms with E-state index in [2.05, 4.69) is 26.2 Å². The number of hydrogen-bond acceptors (Lipinski definition) is 4. The molecule has 82 valence electrons. The Morgan fingerprint density at radius 2 is 2.40 bits per heavy atom. The lowest BCUT2D eigenvalue weighted by atomic mass is 10.2. The van der Waals surface area contributed by atoms with Crippen LogP contribution in [0.3, 0.4) is 0 Å². The van der Waals surface area contributed by atoms with E-state index >= 15 is 0 Å².